The van der Waals surface area contributed by atoms with Crippen molar-refractivity contribution in [2.24, 2.45) is 11.8 Å². The van der Waals surface area contributed by atoms with Gasteiger partial charge in [-0.05, 0) is 40.8 Å². The second kappa shape index (κ2) is 10.0. The van der Waals surface area contributed by atoms with Crippen LogP contribution >= 0.6 is 11.3 Å². The number of hydrogen-bond acceptors (Lipinski definition) is 4. The topological polar surface area (TPSA) is 52.7 Å². The quantitative estimate of drug-likeness (QED) is 0.754. The Kier molecular flexibility index (Phi) is 7.45. The lowest BCUT2D eigenvalue weighted by Gasteiger charge is -2.35. The van der Waals surface area contributed by atoms with Crippen LogP contribution in [-0.2, 0) is 17.9 Å². The Morgan fingerprint density at radius 3 is 2.45 bits per heavy atom. The lowest BCUT2D eigenvalue weighted by atomic mass is 9.91. The molecule has 2 aromatic rings. The fraction of sp³-hybridized carbons (Fsp3) is 0.478. The highest BCUT2D eigenvalue weighted by Crippen LogP contribution is 2.23. The highest BCUT2D eigenvalue weighted by molar-refractivity contribution is 7.12. The zero-order valence-electron chi connectivity index (χ0n) is 17.6. The third kappa shape index (κ3) is 6.15. The van der Waals surface area contributed by atoms with Crippen molar-refractivity contribution in [3.63, 3.8) is 0 Å². The SMILES string of the molecule is CC1CC(C)CN(Cc2ccccc2CNC(=O)CN(C)C(=O)c2cccs2)C1. The molecule has 0 aliphatic carbocycles. The molecule has 0 saturated carbocycles. The number of amides is 2. The lowest BCUT2D eigenvalue weighted by Crippen LogP contribution is -2.39. The van der Waals surface area contributed by atoms with Gasteiger partial charge in [0.25, 0.3) is 5.91 Å². The number of likely N-dealkylation sites (N-methyl/N-ethyl adjacent to an activating group) is 1. The van der Waals surface area contributed by atoms with Crippen LogP contribution in [0.2, 0.25) is 0 Å². The average Bonchev–Trinajstić information content (AvgIpc) is 3.20. The van der Waals surface area contributed by atoms with Gasteiger partial charge < -0.3 is 10.2 Å². The second-order valence-corrected chi connectivity index (χ2v) is 9.27. The van der Waals surface area contributed by atoms with E-state index in [0.717, 1.165) is 37.0 Å². The van der Waals surface area contributed by atoms with E-state index in [9.17, 15) is 9.59 Å². The number of carbonyl (C=O) groups excluding carboxylic acids is 2. The first-order chi connectivity index (χ1) is 13.9. The number of likely N-dealkylation sites (tertiary alicyclic amines) is 1. The second-order valence-electron chi connectivity index (χ2n) is 8.32. The molecule has 1 aromatic heterocycles. The molecule has 0 bridgehead atoms. The molecular formula is C23H31N3O2S. The molecule has 2 unspecified atom stereocenters. The van der Waals surface area contributed by atoms with Crippen LogP contribution in [0.3, 0.4) is 0 Å². The van der Waals surface area contributed by atoms with E-state index in [4.69, 9.17) is 0 Å². The summed E-state index contributed by atoms with van der Waals surface area (Å²) in [5.74, 6) is 1.18. The molecule has 29 heavy (non-hydrogen) atoms. The van der Waals surface area contributed by atoms with Crippen LogP contribution in [-0.4, -0.2) is 48.3 Å². The molecule has 1 N–H and O–H groups in total. The van der Waals surface area contributed by atoms with E-state index in [-0.39, 0.29) is 18.4 Å². The van der Waals surface area contributed by atoms with Gasteiger partial charge in [-0.2, -0.15) is 0 Å². The normalized spacial score (nSPS) is 19.7. The maximum atomic E-state index is 12.4. The predicted molar refractivity (Wildman–Crippen MR) is 118 cm³/mol. The highest BCUT2D eigenvalue weighted by Gasteiger charge is 2.22. The van der Waals surface area contributed by atoms with E-state index in [0.29, 0.717) is 11.4 Å². The summed E-state index contributed by atoms with van der Waals surface area (Å²) in [6.07, 6.45) is 1.30. The van der Waals surface area contributed by atoms with Gasteiger partial charge in [0.1, 0.15) is 0 Å². The first kappa shape index (κ1) is 21.5. The zero-order valence-corrected chi connectivity index (χ0v) is 18.4. The Hall–Kier alpha value is -2.18. The Labute approximate surface area is 177 Å². The van der Waals surface area contributed by atoms with E-state index in [1.165, 1.54) is 28.2 Å². The molecule has 1 aliphatic rings. The fourth-order valence-corrected chi connectivity index (χ4v) is 4.89. The largest absolute Gasteiger partial charge is 0.350 e. The molecule has 5 nitrogen and oxygen atoms in total. The third-order valence-electron chi connectivity index (χ3n) is 5.39. The van der Waals surface area contributed by atoms with Crippen molar-refractivity contribution in [2.75, 3.05) is 26.7 Å². The van der Waals surface area contributed by atoms with Gasteiger partial charge in [-0.25, -0.2) is 0 Å². The van der Waals surface area contributed by atoms with Crippen LogP contribution in [0.5, 0.6) is 0 Å². The maximum absolute atomic E-state index is 12.4. The van der Waals surface area contributed by atoms with Crippen molar-refractivity contribution in [3.8, 4) is 0 Å². The number of nitrogens with zero attached hydrogens (tertiary/aromatic N) is 2. The van der Waals surface area contributed by atoms with Crippen LogP contribution in [0.4, 0.5) is 0 Å². The van der Waals surface area contributed by atoms with Crippen LogP contribution in [0.1, 0.15) is 41.1 Å². The lowest BCUT2D eigenvalue weighted by molar-refractivity contribution is -0.121. The van der Waals surface area contributed by atoms with Gasteiger partial charge in [-0.1, -0.05) is 44.2 Å². The Balaban J connectivity index is 1.54. The predicted octanol–water partition coefficient (Wildman–Crippen LogP) is 3.61. The Morgan fingerprint density at radius 1 is 1.10 bits per heavy atom. The molecule has 156 valence electrons. The molecule has 6 heteroatoms. The number of rotatable bonds is 7. The minimum absolute atomic E-state index is 0.0556. The average molecular weight is 414 g/mol. The molecule has 3 rings (SSSR count). The van der Waals surface area contributed by atoms with Crippen molar-refractivity contribution < 1.29 is 9.59 Å². The van der Waals surface area contributed by atoms with Crippen LogP contribution in [0.25, 0.3) is 0 Å². The van der Waals surface area contributed by atoms with Crippen molar-refractivity contribution >= 4 is 23.2 Å². The van der Waals surface area contributed by atoms with Crippen molar-refractivity contribution in [1.29, 1.82) is 0 Å². The molecule has 1 saturated heterocycles. The zero-order chi connectivity index (χ0) is 20.8. The van der Waals surface area contributed by atoms with Crippen molar-refractivity contribution in [3.05, 3.63) is 57.8 Å². The van der Waals surface area contributed by atoms with E-state index in [1.54, 1.807) is 13.1 Å². The monoisotopic (exact) mass is 413 g/mol. The molecule has 2 amide bonds. The van der Waals surface area contributed by atoms with Gasteiger partial charge in [-0.15, -0.1) is 11.3 Å². The van der Waals surface area contributed by atoms with Gasteiger partial charge >= 0.3 is 0 Å². The summed E-state index contributed by atoms with van der Waals surface area (Å²) in [5, 5.41) is 4.84. The van der Waals surface area contributed by atoms with E-state index in [1.807, 2.05) is 17.5 Å². The van der Waals surface area contributed by atoms with Crippen LogP contribution in [0.15, 0.2) is 41.8 Å². The number of piperidine rings is 1. The molecular weight excluding hydrogens is 382 g/mol. The summed E-state index contributed by atoms with van der Waals surface area (Å²) in [6.45, 7) is 8.35. The third-order valence-corrected chi connectivity index (χ3v) is 6.25. The number of carbonyl (C=O) groups is 2. The Bertz CT molecular complexity index is 811. The molecule has 0 radical (unpaired) electrons. The number of benzene rings is 1. The summed E-state index contributed by atoms with van der Waals surface area (Å²) in [5.41, 5.74) is 2.40. The molecule has 1 aliphatic heterocycles. The first-order valence-electron chi connectivity index (χ1n) is 10.3. The van der Waals surface area contributed by atoms with E-state index in [2.05, 4.69) is 42.3 Å². The summed E-state index contributed by atoms with van der Waals surface area (Å²) in [6, 6.07) is 11.9. The van der Waals surface area contributed by atoms with Gasteiger partial charge in [0.15, 0.2) is 0 Å². The molecule has 2 heterocycles. The van der Waals surface area contributed by atoms with Crippen LogP contribution in [0, 0.1) is 11.8 Å². The minimum Gasteiger partial charge on any atom is -0.350 e. The summed E-state index contributed by atoms with van der Waals surface area (Å²) < 4.78 is 0. The number of thiophene rings is 1. The standard InChI is InChI=1S/C23H31N3O2S/c1-17-11-18(2)14-26(13-17)15-20-8-5-4-7-19(20)12-24-22(27)16-25(3)23(28)21-9-6-10-29-21/h4-10,17-18H,11-16H2,1-3H3,(H,24,27). The Morgan fingerprint density at radius 2 is 1.79 bits per heavy atom. The van der Waals surface area contributed by atoms with Gasteiger partial charge in [0, 0.05) is 33.2 Å². The molecule has 2 atom stereocenters. The van der Waals surface area contributed by atoms with Crippen LogP contribution < -0.4 is 5.32 Å². The maximum Gasteiger partial charge on any atom is 0.264 e. The molecule has 1 aromatic carbocycles. The van der Waals surface area contributed by atoms with Gasteiger partial charge in [0.2, 0.25) is 5.91 Å². The number of hydrogen-bond donors (Lipinski definition) is 1. The minimum atomic E-state index is -0.146. The number of nitrogens with one attached hydrogen (secondary N) is 1. The summed E-state index contributed by atoms with van der Waals surface area (Å²) in [4.78, 5) is 29.3. The van der Waals surface area contributed by atoms with E-state index >= 15 is 0 Å². The van der Waals surface area contributed by atoms with Gasteiger partial charge in [-0.3, -0.25) is 14.5 Å². The first-order valence-corrected chi connectivity index (χ1v) is 11.1. The van der Waals surface area contributed by atoms with E-state index < -0.39 is 0 Å². The molecule has 1 fully saturated rings. The fourth-order valence-electron chi connectivity index (χ4n) is 4.17. The summed E-state index contributed by atoms with van der Waals surface area (Å²) >= 11 is 1.39. The smallest absolute Gasteiger partial charge is 0.264 e. The van der Waals surface area contributed by atoms with Gasteiger partial charge in [0.05, 0.1) is 11.4 Å². The van der Waals surface area contributed by atoms with Crippen molar-refractivity contribution in [2.45, 2.75) is 33.4 Å². The molecule has 0 spiro atoms. The summed E-state index contributed by atoms with van der Waals surface area (Å²) in [7, 11) is 1.66. The highest BCUT2D eigenvalue weighted by atomic mass is 32.1. The van der Waals surface area contributed by atoms with Crippen molar-refractivity contribution in [1.82, 2.24) is 15.1 Å².